The van der Waals surface area contributed by atoms with Gasteiger partial charge in [0.1, 0.15) is 12.4 Å². The van der Waals surface area contributed by atoms with Crippen molar-refractivity contribution >= 4 is 5.91 Å². The Balaban J connectivity index is 1.59. The van der Waals surface area contributed by atoms with E-state index in [0.29, 0.717) is 50.2 Å². The Bertz CT molecular complexity index is 817. The highest BCUT2D eigenvalue weighted by Crippen LogP contribution is 2.49. The van der Waals surface area contributed by atoms with Crippen molar-refractivity contribution in [3.63, 3.8) is 0 Å². The highest BCUT2D eigenvalue weighted by molar-refractivity contribution is 5.78. The Morgan fingerprint density at radius 2 is 2.07 bits per heavy atom. The summed E-state index contributed by atoms with van der Waals surface area (Å²) in [4.78, 5) is 19.0. The molecule has 2 aliphatic rings. The molecule has 8 heteroatoms. The van der Waals surface area contributed by atoms with E-state index in [0.717, 1.165) is 12.8 Å². The van der Waals surface area contributed by atoms with Gasteiger partial charge in [-0.25, -0.2) is 4.39 Å². The molecule has 0 unspecified atom stereocenters. The lowest BCUT2D eigenvalue weighted by Crippen LogP contribution is -2.38. The lowest BCUT2D eigenvalue weighted by molar-refractivity contribution is -0.135. The van der Waals surface area contributed by atoms with Crippen LogP contribution in [0.25, 0.3) is 11.4 Å². The molecule has 1 aromatic carbocycles. The minimum absolute atomic E-state index is 0.0199. The SMILES string of the molecule is CCOCC(=O)N1C[C@H](c2nc(-c3ccc(F)cc3)no2)C2(CCOCC2)C1. The summed E-state index contributed by atoms with van der Waals surface area (Å²) in [6.07, 6.45) is 1.68. The first kappa shape index (κ1) is 19.0. The van der Waals surface area contributed by atoms with Gasteiger partial charge in [-0.2, -0.15) is 4.98 Å². The van der Waals surface area contributed by atoms with Gasteiger partial charge < -0.3 is 18.9 Å². The highest BCUT2D eigenvalue weighted by Gasteiger charge is 2.51. The van der Waals surface area contributed by atoms with Gasteiger partial charge in [-0.3, -0.25) is 4.79 Å². The number of likely N-dealkylation sites (tertiary alicyclic amines) is 1. The fourth-order valence-electron chi connectivity index (χ4n) is 4.16. The van der Waals surface area contributed by atoms with Crippen molar-refractivity contribution in [1.29, 1.82) is 0 Å². The molecular weight excluding hydrogens is 365 g/mol. The van der Waals surface area contributed by atoms with Gasteiger partial charge in [0.05, 0.1) is 5.92 Å². The maximum atomic E-state index is 13.2. The lowest BCUT2D eigenvalue weighted by atomic mass is 9.72. The Morgan fingerprint density at radius 3 is 2.79 bits per heavy atom. The van der Waals surface area contributed by atoms with E-state index in [9.17, 15) is 9.18 Å². The van der Waals surface area contributed by atoms with Crippen molar-refractivity contribution in [2.24, 2.45) is 5.41 Å². The number of aromatic nitrogens is 2. The van der Waals surface area contributed by atoms with Crippen LogP contribution in [0.4, 0.5) is 4.39 Å². The van der Waals surface area contributed by atoms with Gasteiger partial charge in [-0.15, -0.1) is 0 Å². The fraction of sp³-hybridized carbons (Fsp3) is 0.550. The molecule has 150 valence electrons. The molecule has 1 aromatic heterocycles. The molecule has 0 radical (unpaired) electrons. The molecule has 1 atom stereocenters. The van der Waals surface area contributed by atoms with Crippen molar-refractivity contribution in [2.45, 2.75) is 25.7 Å². The third kappa shape index (κ3) is 3.66. The van der Waals surface area contributed by atoms with Gasteiger partial charge in [0.25, 0.3) is 0 Å². The van der Waals surface area contributed by atoms with Crippen LogP contribution in [-0.2, 0) is 14.3 Å². The number of carbonyl (C=O) groups excluding carboxylic acids is 1. The quantitative estimate of drug-likeness (QED) is 0.782. The number of nitrogens with zero attached hydrogens (tertiary/aromatic N) is 3. The topological polar surface area (TPSA) is 77.7 Å². The summed E-state index contributed by atoms with van der Waals surface area (Å²) in [6.45, 7) is 4.94. The fourth-order valence-corrected chi connectivity index (χ4v) is 4.16. The summed E-state index contributed by atoms with van der Waals surface area (Å²) in [5.41, 5.74) is 0.562. The zero-order valence-electron chi connectivity index (χ0n) is 15.9. The lowest BCUT2D eigenvalue weighted by Gasteiger charge is -2.36. The van der Waals surface area contributed by atoms with Crippen LogP contribution in [0.2, 0.25) is 0 Å². The second-order valence-corrected chi connectivity index (χ2v) is 7.40. The maximum absolute atomic E-state index is 13.2. The smallest absolute Gasteiger partial charge is 0.248 e. The zero-order valence-corrected chi connectivity index (χ0v) is 15.9. The molecule has 0 bridgehead atoms. The Hall–Kier alpha value is -2.32. The largest absolute Gasteiger partial charge is 0.381 e. The second kappa shape index (κ2) is 7.97. The Morgan fingerprint density at radius 1 is 1.32 bits per heavy atom. The van der Waals surface area contributed by atoms with Crippen LogP contribution in [0, 0.1) is 11.2 Å². The molecule has 1 spiro atoms. The molecule has 2 fully saturated rings. The van der Waals surface area contributed by atoms with E-state index in [1.807, 2.05) is 11.8 Å². The summed E-state index contributed by atoms with van der Waals surface area (Å²) in [6, 6.07) is 5.99. The van der Waals surface area contributed by atoms with Crippen LogP contribution < -0.4 is 0 Å². The van der Waals surface area contributed by atoms with Gasteiger partial charge in [-0.1, -0.05) is 5.16 Å². The maximum Gasteiger partial charge on any atom is 0.248 e. The first-order valence-electron chi connectivity index (χ1n) is 9.64. The molecule has 7 nitrogen and oxygen atoms in total. The standard InChI is InChI=1S/C20H24FN3O4/c1-2-26-12-17(25)24-11-16(20(13-24)7-9-27-10-8-20)19-22-18(23-28-19)14-3-5-15(21)6-4-14/h3-6,16H,2,7-13H2,1H3/t16-/m1/s1. The molecule has 0 N–H and O–H groups in total. The van der Waals surface area contributed by atoms with Crippen LogP contribution in [0.15, 0.2) is 28.8 Å². The van der Waals surface area contributed by atoms with Crippen molar-refractivity contribution in [2.75, 3.05) is 39.5 Å². The van der Waals surface area contributed by atoms with Crippen LogP contribution in [0.5, 0.6) is 0 Å². The van der Waals surface area contributed by atoms with Crippen LogP contribution in [0.3, 0.4) is 0 Å². The number of benzene rings is 1. The van der Waals surface area contributed by atoms with Crippen LogP contribution >= 0.6 is 0 Å². The van der Waals surface area contributed by atoms with Crippen molar-refractivity contribution in [3.05, 3.63) is 36.0 Å². The molecule has 2 aromatic rings. The number of amides is 1. The average Bonchev–Trinajstić information content (AvgIpc) is 3.33. The number of ether oxygens (including phenoxy) is 2. The normalized spacial score (nSPS) is 21.4. The number of halogens is 1. The molecule has 0 saturated carbocycles. The van der Waals surface area contributed by atoms with E-state index in [1.165, 1.54) is 12.1 Å². The van der Waals surface area contributed by atoms with E-state index >= 15 is 0 Å². The van der Waals surface area contributed by atoms with Crippen molar-refractivity contribution < 1.29 is 23.2 Å². The second-order valence-electron chi connectivity index (χ2n) is 7.40. The van der Waals surface area contributed by atoms with Gasteiger partial charge in [-0.05, 0) is 44.0 Å². The molecule has 1 amide bonds. The van der Waals surface area contributed by atoms with E-state index in [1.54, 1.807) is 12.1 Å². The molecule has 2 saturated heterocycles. The van der Waals surface area contributed by atoms with Crippen LogP contribution in [-0.4, -0.2) is 60.5 Å². The van der Waals surface area contributed by atoms with Gasteiger partial charge in [0, 0.05) is 43.9 Å². The van der Waals surface area contributed by atoms with Crippen molar-refractivity contribution in [1.82, 2.24) is 15.0 Å². The molecular formula is C20H24FN3O4. The molecule has 3 heterocycles. The predicted octanol–water partition coefficient (Wildman–Crippen LogP) is 2.63. The summed E-state index contributed by atoms with van der Waals surface area (Å²) < 4.78 is 29.6. The van der Waals surface area contributed by atoms with E-state index < -0.39 is 0 Å². The summed E-state index contributed by atoms with van der Waals surface area (Å²) in [5, 5.41) is 4.09. The van der Waals surface area contributed by atoms with Crippen LogP contribution in [0.1, 0.15) is 31.6 Å². The first-order chi connectivity index (χ1) is 13.6. The molecule has 28 heavy (non-hydrogen) atoms. The highest BCUT2D eigenvalue weighted by atomic mass is 19.1. The van der Waals surface area contributed by atoms with Gasteiger partial charge in [0.15, 0.2) is 0 Å². The third-order valence-electron chi connectivity index (χ3n) is 5.76. The minimum Gasteiger partial charge on any atom is -0.381 e. The summed E-state index contributed by atoms with van der Waals surface area (Å²) in [5.74, 6) is 0.564. The number of rotatable bonds is 5. The van der Waals surface area contributed by atoms with E-state index in [4.69, 9.17) is 14.0 Å². The van der Waals surface area contributed by atoms with E-state index in [-0.39, 0.29) is 29.7 Å². The van der Waals surface area contributed by atoms with Crippen molar-refractivity contribution in [3.8, 4) is 11.4 Å². The van der Waals surface area contributed by atoms with Gasteiger partial charge >= 0.3 is 0 Å². The number of hydrogen-bond donors (Lipinski definition) is 0. The third-order valence-corrected chi connectivity index (χ3v) is 5.76. The number of carbonyl (C=O) groups is 1. The number of hydrogen-bond acceptors (Lipinski definition) is 6. The molecule has 2 aliphatic heterocycles. The average molecular weight is 389 g/mol. The monoisotopic (exact) mass is 389 g/mol. The summed E-state index contributed by atoms with van der Waals surface area (Å²) in [7, 11) is 0. The zero-order chi connectivity index (χ0) is 19.6. The Kier molecular flexibility index (Phi) is 5.41. The van der Waals surface area contributed by atoms with E-state index in [2.05, 4.69) is 10.1 Å². The predicted molar refractivity (Wildman–Crippen MR) is 98.0 cm³/mol. The first-order valence-corrected chi connectivity index (χ1v) is 9.64. The minimum atomic E-state index is -0.312. The molecule has 4 rings (SSSR count). The Labute approximate surface area is 162 Å². The molecule has 0 aliphatic carbocycles. The summed E-state index contributed by atoms with van der Waals surface area (Å²) >= 11 is 0. The van der Waals surface area contributed by atoms with Gasteiger partial charge in [0.2, 0.25) is 17.6 Å².